The molecule has 0 spiro atoms. The molecular formula is C40H50Cl2O2W. The van der Waals surface area contributed by atoms with Crippen LogP contribution in [0.15, 0.2) is 84.9 Å². The summed E-state index contributed by atoms with van der Waals surface area (Å²) in [5, 5.41) is 19.9. The van der Waals surface area contributed by atoms with Gasteiger partial charge in [-0.25, -0.2) is 0 Å². The van der Waals surface area contributed by atoms with Crippen LogP contribution in [0.2, 0.25) is 0 Å². The number of rotatable bonds is 4. The number of phenolic OH excluding ortho intramolecular Hbond substituents is 2. The Balaban J connectivity index is 0.000000325. The maximum absolute atomic E-state index is 9.93. The molecule has 0 aliphatic heterocycles. The summed E-state index contributed by atoms with van der Waals surface area (Å²) in [6.07, 6.45) is 0. The Hall–Kier alpha value is -2.69. The van der Waals surface area contributed by atoms with Crippen LogP contribution < -0.4 is 0 Å². The Kier molecular flexibility index (Phi) is 19.0. The predicted octanol–water partition coefficient (Wildman–Crippen LogP) is 12.4. The standard InChI is InChI=1S/C16H14.2C12H18O.2ClH.W/c1-13-3-7-15(8-4-13)11-12-16-9-5-14(2)6-10-16;2*1-8(2)10-6-5-7-11(9(3)4)12(10)13;;;/h3-10H,1-2H3;2*5-9,13H,1-4H3;2*1H;/q;;;;;+2/p-2. The molecule has 0 atom stereocenters. The van der Waals surface area contributed by atoms with Crippen LogP contribution in [0.3, 0.4) is 0 Å². The van der Waals surface area contributed by atoms with Crippen LogP contribution in [0.1, 0.15) is 124 Å². The van der Waals surface area contributed by atoms with Crippen molar-refractivity contribution < 1.29 is 26.7 Å². The van der Waals surface area contributed by atoms with Crippen LogP contribution in [0, 0.1) is 25.7 Å². The molecular weight excluding hydrogens is 767 g/mol. The van der Waals surface area contributed by atoms with Crippen molar-refractivity contribution >= 4 is 18.8 Å². The average Bonchev–Trinajstić information content (AvgIpc) is 2.98. The Bertz CT molecular complexity index is 1320. The summed E-state index contributed by atoms with van der Waals surface area (Å²) in [5.74, 6) is 8.82. The Morgan fingerprint density at radius 3 is 0.889 bits per heavy atom. The van der Waals surface area contributed by atoms with E-state index in [1.165, 1.54) is 11.1 Å². The van der Waals surface area contributed by atoms with Gasteiger partial charge in [0.25, 0.3) is 0 Å². The SMILES string of the molecule is CC(C)c1cccc(C(C)C)c1O.CC(C)c1cccc(C(C)C)c1O.Cc1ccc(C#Cc2ccc(C)cc2)cc1.[Cl][W][Cl]. The van der Waals surface area contributed by atoms with Gasteiger partial charge in [-0.15, -0.1) is 0 Å². The summed E-state index contributed by atoms with van der Waals surface area (Å²) in [5.41, 5.74) is 8.84. The van der Waals surface area contributed by atoms with Crippen LogP contribution in [-0.2, 0) is 16.5 Å². The number of hydrogen-bond acceptors (Lipinski definition) is 2. The van der Waals surface area contributed by atoms with E-state index >= 15 is 0 Å². The second-order valence-electron chi connectivity index (χ2n) is 12.2. The number of aryl methyl sites for hydroxylation is 2. The molecule has 5 heteroatoms. The molecule has 0 bridgehead atoms. The summed E-state index contributed by atoms with van der Waals surface area (Å²) in [7, 11) is 9.86. The van der Waals surface area contributed by atoms with Gasteiger partial charge in [-0.3, -0.25) is 0 Å². The molecule has 242 valence electrons. The number of halogens is 2. The van der Waals surface area contributed by atoms with E-state index in [2.05, 4.69) is 130 Å². The van der Waals surface area contributed by atoms with E-state index in [4.69, 9.17) is 18.8 Å². The number of phenols is 2. The number of para-hydroxylation sites is 2. The molecule has 0 saturated carbocycles. The second-order valence-corrected chi connectivity index (χ2v) is 16.5. The number of benzene rings is 4. The van der Waals surface area contributed by atoms with Gasteiger partial charge >= 0.3 is 35.3 Å². The van der Waals surface area contributed by atoms with Crippen LogP contribution >= 0.6 is 18.8 Å². The van der Waals surface area contributed by atoms with E-state index in [9.17, 15) is 10.2 Å². The molecule has 0 unspecified atom stereocenters. The average molecular weight is 818 g/mol. The zero-order valence-electron chi connectivity index (χ0n) is 28.5. The van der Waals surface area contributed by atoms with E-state index in [0.717, 1.165) is 33.4 Å². The van der Waals surface area contributed by atoms with Crippen molar-refractivity contribution in [2.75, 3.05) is 0 Å². The van der Waals surface area contributed by atoms with Crippen molar-refractivity contribution in [2.45, 2.75) is 92.9 Å². The summed E-state index contributed by atoms with van der Waals surface area (Å²) in [4.78, 5) is 0. The van der Waals surface area contributed by atoms with E-state index in [1.54, 1.807) is 0 Å². The first kappa shape index (κ1) is 40.3. The Morgan fingerprint density at radius 1 is 0.467 bits per heavy atom. The first-order valence-electron chi connectivity index (χ1n) is 15.4. The van der Waals surface area contributed by atoms with E-state index in [0.29, 0.717) is 35.2 Å². The molecule has 2 N–H and O–H groups in total. The van der Waals surface area contributed by atoms with Gasteiger partial charge in [-0.05, 0) is 84.0 Å². The molecule has 0 saturated heterocycles. The molecule has 0 fully saturated rings. The molecule has 4 aromatic carbocycles. The second kappa shape index (κ2) is 21.2. The van der Waals surface area contributed by atoms with Gasteiger partial charge < -0.3 is 10.2 Å². The fourth-order valence-corrected chi connectivity index (χ4v) is 4.44. The van der Waals surface area contributed by atoms with Crippen LogP contribution in [-0.4, -0.2) is 10.2 Å². The summed E-state index contributed by atoms with van der Waals surface area (Å²) < 4.78 is 0. The molecule has 0 amide bonds. The van der Waals surface area contributed by atoms with Gasteiger partial charge in [0.15, 0.2) is 0 Å². The number of hydrogen-bond donors (Lipinski definition) is 2. The summed E-state index contributed by atoms with van der Waals surface area (Å²) in [6.45, 7) is 20.9. The van der Waals surface area contributed by atoms with Crippen LogP contribution in [0.25, 0.3) is 0 Å². The van der Waals surface area contributed by atoms with Gasteiger partial charge in [0.1, 0.15) is 11.5 Å². The normalized spacial score (nSPS) is 10.2. The fourth-order valence-electron chi connectivity index (χ4n) is 4.44. The molecule has 45 heavy (non-hydrogen) atoms. The zero-order chi connectivity index (χ0) is 34.1. The molecule has 0 heterocycles. The van der Waals surface area contributed by atoms with E-state index in [1.807, 2.05) is 36.4 Å². The molecule has 4 rings (SSSR count). The molecule has 4 aromatic rings. The summed E-state index contributed by atoms with van der Waals surface area (Å²) >= 11 is -0.806. The van der Waals surface area contributed by atoms with Crippen molar-refractivity contribution in [1.82, 2.24) is 0 Å². The molecule has 2 nitrogen and oxygen atoms in total. The Morgan fingerprint density at radius 2 is 0.689 bits per heavy atom. The Labute approximate surface area is 289 Å². The van der Waals surface area contributed by atoms with Gasteiger partial charge in [0, 0.05) is 11.1 Å². The summed E-state index contributed by atoms with van der Waals surface area (Å²) in [6, 6.07) is 28.5. The van der Waals surface area contributed by atoms with Crippen molar-refractivity contribution in [2.24, 2.45) is 0 Å². The van der Waals surface area contributed by atoms with Gasteiger partial charge in [-0.1, -0.05) is 139 Å². The molecule has 0 aliphatic rings. The third-order valence-corrected chi connectivity index (χ3v) is 7.14. The van der Waals surface area contributed by atoms with Crippen molar-refractivity contribution in [3.63, 3.8) is 0 Å². The molecule has 0 radical (unpaired) electrons. The topological polar surface area (TPSA) is 40.5 Å². The van der Waals surface area contributed by atoms with E-state index in [-0.39, 0.29) is 0 Å². The monoisotopic (exact) mass is 816 g/mol. The van der Waals surface area contributed by atoms with Gasteiger partial charge in [0.2, 0.25) is 0 Å². The maximum atomic E-state index is 9.93. The van der Waals surface area contributed by atoms with Crippen molar-refractivity contribution in [3.8, 4) is 23.3 Å². The first-order valence-corrected chi connectivity index (χ1v) is 22.7. The predicted molar refractivity (Wildman–Crippen MR) is 193 cm³/mol. The fraction of sp³-hybridized carbons (Fsp3) is 0.350. The van der Waals surface area contributed by atoms with Crippen LogP contribution in [0.5, 0.6) is 11.5 Å². The van der Waals surface area contributed by atoms with Crippen LogP contribution in [0.4, 0.5) is 0 Å². The van der Waals surface area contributed by atoms with E-state index < -0.39 is 16.5 Å². The van der Waals surface area contributed by atoms with Gasteiger partial charge in [-0.2, -0.15) is 0 Å². The zero-order valence-corrected chi connectivity index (χ0v) is 32.9. The molecule has 0 aromatic heterocycles. The van der Waals surface area contributed by atoms with Gasteiger partial charge in [0.05, 0.1) is 0 Å². The third-order valence-electron chi connectivity index (χ3n) is 7.14. The third kappa shape index (κ3) is 14.5. The quantitative estimate of drug-likeness (QED) is 0.201. The minimum absolute atomic E-state index is 0.388. The minimum atomic E-state index is -0.806. The number of aromatic hydroxyl groups is 2. The van der Waals surface area contributed by atoms with Crippen molar-refractivity contribution in [3.05, 3.63) is 129 Å². The van der Waals surface area contributed by atoms with Crippen molar-refractivity contribution in [1.29, 1.82) is 0 Å². The molecule has 0 aliphatic carbocycles. The first-order chi connectivity index (χ1) is 21.2.